The number of rotatable bonds is 4. The molecule has 62 valence electrons. The van der Waals surface area contributed by atoms with Crippen LogP contribution in [0.4, 0.5) is 0 Å². The van der Waals surface area contributed by atoms with Crippen molar-refractivity contribution in [3.63, 3.8) is 0 Å². The normalized spacial score (nSPS) is 10.3. The minimum Gasteiger partial charge on any atom is -0.374 e. The van der Waals surface area contributed by atoms with Crippen LogP contribution >= 0.6 is 0 Å². The van der Waals surface area contributed by atoms with Crippen LogP contribution < -0.4 is 0 Å². The van der Waals surface area contributed by atoms with Gasteiger partial charge >= 0.3 is 8.80 Å². The van der Waals surface area contributed by atoms with Gasteiger partial charge in [-0.05, 0) is 16.7 Å². The van der Waals surface area contributed by atoms with E-state index in [2.05, 4.69) is 6.58 Å². The van der Waals surface area contributed by atoms with Gasteiger partial charge in [-0.1, -0.05) is 6.58 Å². The summed E-state index contributed by atoms with van der Waals surface area (Å²) in [5.74, 6) is 0. The summed E-state index contributed by atoms with van der Waals surface area (Å²) >= 11 is 0. The lowest BCUT2D eigenvalue weighted by molar-refractivity contribution is 0.138. The molecular formula is C5H16O3Si2. The average molecular weight is 180 g/mol. The first kappa shape index (κ1) is 12.7. The van der Waals surface area contributed by atoms with E-state index in [1.807, 2.05) is 0 Å². The van der Waals surface area contributed by atoms with Gasteiger partial charge in [-0.15, -0.1) is 0 Å². The molecular weight excluding hydrogens is 164 g/mol. The zero-order chi connectivity index (χ0) is 7.33. The fraction of sp³-hybridized carbons (Fsp3) is 0.600. The Hall–Kier alpha value is 0.0538. The molecule has 0 aromatic heterocycles. The van der Waals surface area contributed by atoms with Crippen LogP contribution in [0.1, 0.15) is 0 Å². The molecule has 3 nitrogen and oxygen atoms in total. The maximum Gasteiger partial charge on any atom is 0.528 e. The Morgan fingerprint density at radius 2 is 1.40 bits per heavy atom. The molecule has 0 aromatic rings. The second-order valence-corrected chi connectivity index (χ2v) is 4.26. The van der Waals surface area contributed by atoms with Gasteiger partial charge in [0.1, 0.15) is 0 Å². The maximum absolute atomic E-state index is 4.96. The van der Waals surface area contributed by atoms with Crippen LogP contribution in [-0.2, 0) is 13.3 Å². The van der Waals surface area contributed by atoms with Crippen molar-refractivity contribution in [2.24, 2.45) is 0 Å². The lowest BCUT2D eigenvalue weighted by atomic mass is 11.3. The van der Waals surface area contributed by atoms with Gasteiger partial charge in [0.2, 0.25) is 0 Å². The Kier molecular flexibility index (Phi) is 7.38. The van der Waals surface area contributed by atoms with E-state index in [0.717, 1.165) is 0 Å². The molecule has 0 heterocycles. The van der Waals surface area contributed by atoms with Gasteiger partial charge in [0.05, 0.1) is 0 Å². The standard InChI is InChI=1S/C5H12O3Si.H4Si/c1-5-9(6-2,7-3)8-4;/h5H,1H2,2-4H3;1H4. The molecule has 0 aliphatic rings. The van der Waals surface area contributed by atoms with E-state index < -0.39 is 8.80 Å². The van der Waals surface area contributed by atoms with Crippen LogP contribution in [0.15, 0.2) is 12.3 Å². The summed E-state index contributed by atoms with van der Waals surface area (Å²) in [5, 5.41) is 0. The third-order valence-electron chi connectivity index (χ3n) is 1.10. The highest BCUT2D eigenvalue weighted by molar-refractivity contribution is 6.66. The van der Waals surface area contributed by atoms with Crippen LogP contribution in [0.25, 0.3) is 0 Å². The second kappa shape index (κ2) is 5.81. The lowest BCUT2D eigenvalue weighted by Crippen LogP contribution is -2.40. The largest absolute Gasteiger partial charge is 0.528 e. The summed E-state index contributed by atoms with van der Waals surface area (Å²) in [6, 6.07) is 0. The first-order valence-electron chi connectivity index (χ1n) is 2.53. The predicted octanol–water partition coefficient (Wildman–Crippen LogP) is -0.862. The zero-order valence-electron chi connectivity index (χ0n) is 6.01. The van der Waals surface area contributed by atoms with Gasteiger partial charge in [0, 0.05) is 21.3 Å². The van der Waals surface area contributed by atoms with Gasteiger partial charge in [0.15, 0.2) is 0 Å². The van der Waals surface area contributed by atoms with E-state index in [0.29, 0.717) is 0 Å². The van der Waals surface area contributed by atoms with Crippen LogP contribution in [0.3, 0.4) is 0 Å². The molecule has 0 aliphatic carbocycles. The van der Waals surface area contributed by atoms with E-state index >= 15 is 0 Å². The van der Waals surface area contributed by atoms with Crippen molar-refractivity contribution in [3.8, 4) is 0 Å². The predicted molar refractivity (Wildman–Crippen MR) is 48.3 cm³/mol. The third-order valence-corrected chi connectivity index (χ3v) is 3.31. The summed E-state index contributed by atoms with van der Waals surface area (Å²) in [5.41, 5.74) is 1.58. The first-order valence-corrected chi connectivity index (χ1v) is 4.34. The fourth-order valence-corrected chi connectivity index (χ4v) is 1.50. The van der Waals surface area contributed by atoms with Crippen LogP contribution in [0.2, 0.25) is 0 Å². The molecule has 5 heteroatoms. The highest BCUT2D eigenvalue weighted by Gasteiger charge is 2.33. The lowest BCUT2D eigenvalue weighted by Gasteiger charge is -2.19. The summed E-state index contributed by atoms with van der Waals surface area (Å²) in [7, 11) is 2.20. The minimum absolute atomic E-state index is 0. The molecule has 0 atom stereocenters. The maximum atomic E-state index is 4.96. The number of hydrogen-bond donors (Lipinski definition) is 0. The van der Waals surface area contributed by atoms with Crippen molar-refractivity contribution >= 4 is 19.8 Å². The summed E-state index contributed by atoms with van der Waals surface area (Å²) in [4.78, 5) is 0. The summed E-state index contributed by atoms with van der Waals surface area (Å²) in [6.45, 7) is 3.53. The molecule has 0 aromatic carbocycles. The third kappa shape index (κ3) is 2.76. The molecule has 0 unspecified atom stereocenters. The quantitative estimate of drug-likeness (QED) is 0.527. The molecule has 0 fully saturated rings. The van der Waals surface area contributed by atoms with Gasteiger partial charge in [-0.25, -0.2) is 0 Å². The highest BCUT2D eigenvalue weighted by Crippen LogP contribution is 2.04. The minimum atomic E-state index is -2.43. The highest BCUT2D eigenvalue weighted by atomic mass is 28.4. The van der Waals surface area contributed by atoms with Crippen LogP contribution in [-0.4, -0.2) is 41.1 Å². The van der Waals surface area contributed by atoms with Gasteiger partial charge in [-0.2, -0.15) is 0 Å². The Balaban J connectivity index is 0. The van der Waals surface area contributed by atoms with Crippen molar-refractivity contribution in [3.05, 3.63) is 12.3 Å². The SMILES string of the molecule is C=C[Si](OC)(OC)OC.[SiH4]. The second-order valence-electron chi connectivity index (χ2n) is 1.42. The van der Waals surface area contributed by atoms with E-state index in [1.54, 1.807) is 27.0 Å². The molecule has 0 N–H and O–H groups in total. The van der Waals surface area contributed by atoms with E-state index in [-0.39, 0.29) is 11.0 Å². The van der Waals surface area contributed by atoms with Gasteiger partial charge in [-0.3, -0.25) is 0 Å². The fourth-order valence-electron chi connectivity index (χ4n) is 0.500. The van der Waals surface area contributed by atoms with Crippen LogP contribution in [0, 0.1) is 0 Å². The number of hydrogen-bond acceptors (Lipinski definition) is 3. The van der Waals surface area contributed by atoms with Crippen molar-refractivity contribution in [2.75, 3.05) is 21.3 Å². The molecule has 0 spiro atoms. The van der Waals surface area contributed by atoms with Gasteiger partial charge < -0.3 is 13.3 Å². The smallest absolute Gasteiger partial charge is 0.374 e. The first-order chi connectivity index (χ1) is 4.24. The van der Waals surface area contributed by atoms with Crippen molar-refractivity contribution in [1.82, 2.24) is 0 Å². The molecule has 0 rings (SSSR count). The van der Waals surface area contributed by atoms with Crippen molar-refractivity contribution < 1.29 is 13.3 Å². The summed E-state index contributed by atoms with van der Waals surface area (Å²) in [6.07, 6.45) is 0. The molecule has 10 heavy (non-hydrogen) atoms. The molecule has 0 radical (unpaired) electrons. The Morgan fingerprint density at radius 1 is 1.10 bits per heavy atom. The Bertz CT molecular complexity index is 84.6. The van der Waals surface area contributed by atoms with E-state index in [9.17, 15) is 0 Å². The van der Waals surface area contributed by atoms with E-state index in [1.165, 1.54) is 0 Å². The van der Waals surface area contributed by atoms with Crippen molar-refractivity contribution in [2.45, 2.75) is 0 Å². The van der Waals surface area contributed by atoms with Crippen molar-refractivity contribution in [1.29, 1.82) is 0 Å². The summed E-state index contributed by atoms with van der Waals surface area (Å²) < 4.78 is 14.9. The molecule has 0 amide bonds. The zero-order valence-corrected chi connectivity index (χ0v) is 7.01. The Morgan fingerprint density at radius 3 is 1.40 bits per heavy atom. The van der Waals surface area contributed by atoms with E-state index in [4.69, 9.17) is 13.3 Å². The molecule has 0 saturated carbocycles. The topological polar surface area (TPSA) is 27.7 Å². The van der Waals surface area contributed by atoms with Crippen LogP contribution in [0.5, 0.6) is 0 Å². The average Bonchev–Trinajstić information content (AvgIpc) is 1.95. The molecule has 0 bridgehead atoms. The van der Waals surface area contributed by atoms with Gasteiger partial charge in [0.25, 0.3) is 0 Å². The monoisotopic (exact) mass is 180 g/mol. The molecule has 0 aliphatic heterocycles. The Labute approximate surface area is 67.4 Å². The molecule has 0 saturated heterocycles.